The molecule has 1 fully saturated rings. The van der Waals surface area contributed by atoms with E-state index in [0.29, 0.717) is 6.42 Å². The molecule has 7 heteroatoms. The van der Waals surface area contributed by atoms with Gasteiger partial charge in [0.05, 0.1) is 12.1 Å². The molecular formula is C14H21N3O3S. The molecule has 0 radical (unpaired) electrons. The van der Waals surface area contributed by atoms with Crippen molar-refractivity contribution in [1.82, 2.24) is 14.8 Å². The van der Waals surface area contributed by atoms with Crippen LogP contribution in [0, 0.1) is 5.92 Å². The van der Waals surface area contributed by atoms with Gasteiger partial charge in [-0.25, -0.2) is 4.98 Å². The number of carboxylic acid groups (broad SMARTS) is 1. The van der Waals surface area contributed by atoms with Gasteiger partial charge in [-0.15, -0.1) is 11.3 Å². The van der Waals surface area contributed by atoms with Gasteiger partial charge in [0.25, 0.3) is 0 Å². The first-order valence-electron chi connectivity index (χ1n) is 7.01. The van der Waals surface area contributed by atoms with Crippen LogP contribution in [0.5, 0.6) is 0 Å². The number of thiazole rings is 1. The number of carbonyl (C=O) groups is 2. The van der Waals surface area contributed by atoms with Crippen LogP contribution in [-0.4, -0.2) is 59.0 Å². The van der Waals surface area contributed by atoms with Gasteiger partial charge in [0.15, 0.2) is 0 Å². The summed E-state index contributed by atoms with van der Waals surface area (Å²) < 4.78 is 0. The van der Waals surface area contributed by atoms with Gasteiger partial charge in [-0.05, 0) is 18.9 Å². The minimum atomic E-state index is -0.722. The third-order valence-corrected chi connectivity index (χ3v) is 4.52. The molecule has 116 valence electrons. The maximum Gasteiger partial charge on any atom is 0.303 e. The number of hydrogen-bond donors (Lipinski definition) is 1. The molecular weight excluding hydrogens is 290 g/mol. The van der Waals surface area contributed by atoms with E-state index >= 15 is 0 Å². The first-order chi connectivity index (χ1) is 9.94. The van der Waals surface area contributed by atoms with Crippen LogP contribution in [0.4, 0.5) is 0 Å². The Morgan fingerprint density at radius 3 is 2.95 bits per heavy atom. The van der Waals surface area contributed by atoms with Crippen LogP contribution in [0.1, 0.15) is 23.5 Å². The number of hydrogen-bond acceptors (Lipinski definition) is 5. The van der Waals surface area contributed by atoms with E-state index in [2.05, 4.69) is 9.88 Å². The van der Waals surface area contributed by atoms with Gasteiger partial charge in [-0.3, -0.25) is 14.5 Å². The molecule has 1 aliphatic rings. The van der Waals surface area contributed by atoms with Gasteiger partial charge in [-0.2, -0.15) is 0 Å². The second kappa shape index (κ2) is 7.00. The van der Waals surface area contributed by atoms with Crippen LogP contribution in [0.25, 0.3) is 0 Å². The fraction of sp³-hybridized carbons (Fsp3) is 0.643. The summed E-state index contributed by atoms with van der Waals surface area (Å²) in [4.78, 5) is 30.7. The van der Waals surface area contributed by atoms with Gasteiger partial charge in [-0.1, -0.05) is 0 Å². The second-order valence-corrected chi connectivity index (χ2v) is 6.63. The molecule has 1 atom stereocenters. The number of likely N-dealkylation sites (N-methyl/N-ethyl adjacent to an activating group) is 1. The van der Waals surface area contributed by atoms with Gasteiger partial charge in [0.1, 0.15) is 5.01 Å². The molecule has 1 aromatic rings. The van der Waals surface area contributed by atoms with Crippen molar-refractivity contribution in [3.05, 3.63) is 16.1 Å². The molecule has 1 saturated heterocycles. The van der Waals surface area contributed by atoms with Crippen molar-refractivity contribution >= 4 is 23.2 Å². The molecule has 1 N–H and O–H groups in total. The van der Waals surface area contributed by atoms with E-state index in [1.54, 1.807) is 19.0 Å². The summed E-state index contributed by atoms with van der Waals surface area (Å²) in [6, 6.07) is 0. The molecule has 1 aliphatic heterocycles. The molecule has 2 rings (SSSR count). The average Bonchev–Trinajstić information content (AvgIpc) is 2.99. The number of likely N-dealkylation sites (tertiary alicyclic amines) is 1. The summed E-state index contributed by atoms with van der Waals surface area (Å²) in [5.41, 5.74) is 0.970. The Hall–Kier alpha value is -1.47. The number of carboxylic acids is 1. The normalized spacial score (nSPS) is 18.9. The Labute approximate surface area is 128 Å². The van der Waals surface area contributed by atoms with E-state index in [4.69, 9.17) is 5.11 Å². The lowest BCUT2D eigenvalue weighted by Crippen LogP contribution is -2.23. The first kappa shape index (κ1) is 15.9. The molecule has 1 aromatic heterocycles. The summed E-state index contributed by atoms with van der Waals surface area (Å²) in [5.74, 6) is -0.422. The number of aliphatic carboxylic acids is 1. The smallest absolute Gasteiger partial charge is 0.303 e. The van der Waals surface area contributed by atoms with Crippen LogP contribution in [0.3, 0.4) is 0 Å². The van der Waals surface area contributed by atoms with Crippen LogP contribution >= 0.6 is 11.3 Å². The number of rotatable bonds is 6. The average molecular weight is 311 g/mol. The Balaban J connectivity index is 1.83. The minimum absolute atomic E-state index is 0.0543. The van der Waals surface area contributed by atoms with Crippen molar-refractivity contribution in [2.24, 2.45) is 5.92 Å². The highest BCUT2D eigenvalue weighted by molar-refractivity contribution is 7.09. The number of nitrogens with zero attached hydrogens (tertiary/aromatic N) is 3. The highest BCUT2D eigenvalue weighted by Gasteiger charge is 2.25. The number of amides is 1. The number of aromatic nitrogens is 1. The summed E-state index contributed by atoms with van der Waals surface area (Å²) in [5, 5.41) is 11.6. The largest absolute Gasteiger partial charge is 0.481 e. The monoisotopic (exact) mass is 311 g/mol. The highest BCUT2D eigenvalue weighted by atomic mass is 32.1. The quantitative estimate of drug-likeness (QED) is 0.851. The third kappa shape index (κ3) is 4.78. The maximum absolute atomic E-state index is 11.6. The van der Waals surface area contributed by atoms with Crippen LogP contribution in [-0.2, 0) is 22.6 Å². The van der Waals surface area contributed by atoms with Gasteiger partial charge >= 0.3 is 5.97 Å². The fourth-order valence-corrected chi connectivity index (χ4v) is 3.27. The molecule has 0 bridgehead atoms. The van der Waals surface area contributed by atoms with Crippen molar-refractivity contribution < 1.29 is 14.7 Å². The summed E-state index contributed by atoms with van der Waals surface area (Å²) in [6.45, 7) is 2.47. The summed E-state index contributed by atoms with van der Waals surface area (Å²) in [7, 11) is 3.48. The van der Waals surface area contributed by atoms with Crippen LogP contribution in [0.15, 0.2) is 5.38 Å². The molecule has 0 aliphatic carbocycles. The zero-order valence-electron chi connectivity index (χ0n) is 12.4. The van der Waals surface area contributed by atoms with Gasteiger partial charge < -0.3 is 10.0 Å². The first-order valence-corrected chi connectivity index (χ1v) is 7.89. The molecule has 0 spiro atoms. The van der Waals surface area contributed by atoms with Gasteiger partial charge in [0.2, 0.25) is 5.91 Å². The van der Waals surface area contributed by atoms with Crippen molar-refractivity contribution in [1.29, 1.82) is 0 Å². The zero-order chi connectivity index (χ0) is 15.4. The van der Waals surface area contributed by atoms with Crippen molar-refractivity contribution in [3.8, 4) is 0 Å². The van der Waals surface area contributed by atoms with E-state index in [1.165, 1.54) is 11.3 Å². The molecule has 6 nitrogen and oxygen atoms in total. The Morgan fingerprint density at radius 2 is 2.29 bits per heavy atom. The summed E-state index contributed by atoms with van der Waals surface area (Å²) >= 11 is 1.51. The molecule has 21 heavy (non-hydrogen) atoms. The Kier molecular flexibility index (Phi) is 5.30. The zero-order valence-corrected chi connectivity index (χ0v) is 13.2. The van der Waals surface area contributed by atoms with E-state index in [1.807, 2.05) is 5.38 Å². The third-order valence-electron chi connectivity index (χ3n) is 3.62. The van der Waals surface area contributed by atoms with E-state index < -0.39 is 5.97 Å². The Bertz CT molecular complexity index is 515. The lowest BCUT2D eigenvalue weighted by atomic mass is 10.1. The lowest BCUT2D eigenvalue weighted by Gasteiger charge is -2.13. The topological polar surface area (TPSA) is 73.7 Å². The Morgan fingerprint density at radius 1 is 1.52 bits per heavy atom. The standard InChI is InChI=1S/C14H21N3O3S/c1-16(2)13(18)6-12-15-11(9-21-12)8-17-4-3-10(7-17)5-14(19)20/h9-10H,3-8H2,1-2H3,(H,19,20). The van der Waals surface area contributed by atoms with Crippen molar-refractivity contribution in [2.45, 2.75) is 25.8 Å². The van der Waals surface area contributed by atoms with E-state index in [-0.39, 0.29) is 18.2 Å². The predicted octanol–water partition coefficient (Wildman–Crippen LogP) is 1.07. The maximum atomic E-state index is 11.6. The molecule has 2 heterocycles. The van der Waals surface area contributed by atoms with Crippen molar-refractivity contribution in [3.63, 3.8) is 0 Å². The molecule has 0 aromatic carbocycles. The molecule has 1 unspecified atom stereocenters. The molecule has 1 amide bonds. The van der Waals surface area contributed by atoms with Crippen LogP contribution < -0.4 is 0 Å². The fourth-order valence-electron chi connectivity index (χ4n) is 2.49. The highest BCUT2D eigenvalue weighted by Crippen LogP contribution is 2.22. The van der Waals surface area contributed by atoms with E-state index in [9.17, 15) is 9.59 Å². The summed E-state index contributed by atoms with van der Waals surface area (Å²) in [6.07, 6.45) is 1.53. The van der Waals surface area contributed by atoms with Crippen molar-refractivity contribution in [2.75, 3.05) is 27.2 Å². The van der Waals surface area contributed by atoms with Gasteiger partial charge in [0, 0.05) is 39.0 Å². The SMILES string of the molecule is CN(C)C(=O)Cc1nc(CN2CCC(CC(=O)O)C2)cs1. The second-order valence-electron chi connectivity index (χ2n) is 5.69. The predicted molar refractivity (Wildman–Crippen MR) is 80.1 cm³/mol. The number of carbonyl (C=O) groups excluding carboxylic acids is 1. The van der Waals surface area contributed by atoms with E-state index in [0.717, 1.165) is 36.8 Å². The van der Waals surface area contributed by atoms with Crippen LogP contribution in [0.2, 0.25) is 0 Å². The lowest BCUT2D eigenvalue weighted by molar-refractivity contribution is -0.138. The minimum Gasteiger partial charge on any atom is -0.481 e. The molecule has 0 saturated carbocycles.